The van der Waals surface area contributed by atoms with Gasteiger partial charge in [0.15, 0.2) is 0 Å². The standard InChI is InChI=1S/C17H19FN2O2/c1-11-8-16(14-9-13(18)5-6-15(14)19-11)20-7-3-4-12(10-20)17(21)22-2/h5-6,8-9,12H,3-4,7,10H2,1-2H3/t12-/m1/s1. The number of piperidine rings is 1. The minimum atomic E-state index is -0.277. The normalized spacial score (nSPS) is 18.5. The van der Waals surface area contributed by atoms with Crippen LogP contribution in [0.4, 0.5) is 10.1 Å². The predicted molar refractivity (Wildman–Crippen MR) is 83.4 cm³/mol. The summed E-state index contributed by atoms with van der Waals surface area (Å²) in [5.74, 6) is -0.581. The summed E-state index contributed by atoms with van der Waals surface area (Å²) in [6.45, 7) is 3.37. The number of aryl methyl sites for hydroxylation is 1. The zero-order chi connectivity index (χ0) is 15.7. The molecule has 0 N–H and O–H groups in total. The fraction of sp³-hybridized carbons (Fsp3) is 0.412. The zero-order valence-electron chi connectivity index (χ0n) is 12.8. The van der Waals surface area contributed by atoms with Gasteiger partial charge in [0.25, 0.3) is 0 Å². The Balaban J connectivity index is 2.01. The number of aromatic nitrogens is 1. The average molecular weight is 302 g/mol. The van der Waals surface area contributed by atoms with Crippen molar-refractivity contribution in [3.05, 3.63) is 35.8 Å². The average Bonchev–Trinajstić information content (AvgIpc) is 2.54. The Morgan fingerprint density at radius 2 is 2.23 bits per heavy atom. The Morgan fingerprint density at radius 3 is 3.00 bits per heavy atom. The Hall–Kier alpha value is -2.17. The third kappa shape index (κ3) is 2.75. The van der Waals surface area contributed by atoms with Crippen molar-refractivity contribution in [1.82, 2.24) is 4.98 Å². The first-order chi connectivity index (χ1) is 10.6. The van der Waals surface area contributed by atoms with Crippen molar-refractivity contribution in [2.75, 3.05) is 25.1 Å². The second kappa shape index (κ2) is 5.91. The lowest BCUT2D eigenvalue weighted by Gasteiger charge is -2.34. The molecular formula is C17H19FN2O2. The summed E-state index contributed by atoms with van der Waals surface area (Å²) in [6, 6.07) is 6.59. The van der Waals surface area contributed by atoms with E-state index >= 15 is 0 Å². The third-order valence-corrected chi connectivity index (χ3v) is 4.17. The summed E-state index contributed by atoms with van der Waals surface area (Å²) in [5, 5.41) is 0.788. The molecular weight excluding hydrogens is 283 g/mol. The summed E-state index contributed by atoms with van der Waals surface area (Å²) in [7, 11) is 1.42. The summed E-state index contributed by atoms with van der Waals surface area (Å²) >= 11 is 0. The van der Waals surface area contributed by atoms with Gasteiger partial charge in [0, 0.05) is 29.9 Å². The van der Waals surface area contributed by atoms with Gasteiger partial charge in [0.1, 0.15) is 5.82 Å². The van der Waals surface area contributed by atoms with E-state index in [-0.39, 0.29) is 17.7 Å². The largest absolute Gasteiger partial charge is 0.469 e. The highest BCUT2D eigenvalue weighted by Gasteiger charge is 2.27. The molecule has 4 nitrogen and oxygen atoms in total. The summed E-state index contributed by atoms with van der Waals surface area (Å²) in [4.78, 5) is 18.4. The van der Waals surface area contributed by atoms with Crippen LogP contribution in [0.3, 0.4) is 0 Å². The van der Waals surface area contributed by atoms with Crippen molar-refractivity contribution < 1.29 is 13.9 Å². The highest BCUT2D eigenvalue weighted by Crippen LogP contribution is 2.31. The summed E-state index contributed by atoms with van der Waals surface area (Å²) < 4.78 is 18.5. The summed E-state index contributed by atoms with van der Waals surface area (Å²) in [5.41, 5.74) is 2.60. The van der Waals surface area contributed by atoms with Crippen LogP contribution in [0.2, 0.25) is 0 Å². The number of carbonyl (C=O) groups excluding carboxylic acids is 1. The molecule has 1 aliphatic rings. The number of hydrogen-bond acceptors (Lipinski definition) is 4. The van der Waals surface area contributed by atoms with Crippen LogP contribution in [-0.4, -0.2) is 31.2 Å². The Labute approximate surface area is 128 Å². The van der Waals surface area contributed by atoms with Gasteiger partial charge < -0.3 is 9.64 Å². The number of fused-ring (bicyclic) bond motifs is 1. The van der Waals surface area contributed by atoms with Crippen LogP contribution >= 0.6 is 0 Å². The molecule has 3 rings (SSSR count). The Bertz CT molecular complexity index is 717. The molecule has 2 heterocycles. The van der Waals surface area contributed by atoms with Crippen LogP contribution < -0.4 is 4.90 Å². The van der Waals surface area contributed by atoms with Crippen LogP contribution in [0.5, 0.6) is 0 Å². The number of rotatable bonds is 2. The fourth-order valence-corrected chi connectivity index (χ4v) is 3.13. The second-order valence-electron chi connectivity index (χ2n) is 5.75. The molecule has 1 saturated heterocycles. The molecule has 0 aliphatic carbocycles. The minimum Gasteiger partial charge on any atom is -0.469 e. The molecule has 0 spiro atoms. The number of esters is 1. The number of methoxy groups -OCH3 is 1. The molecule has 0 unspecified atom stereocenters. The van der Waals surface area contributed by atoms with E-state index < -0.39 is 0 Å². The van der Waals surface area contributed by atoms with Crippen molar-refractivity contribution in [2.24, 2.45) is 5.92 Å². The third-order valence-electron chi connectivity index (χ3n) is 4.17. The molecule has 1 aliphatic heterocycles. The van der Waals surface area contributed by atoms with Crippen LogP contribution in [0.1, 0.15) is 18.5 Å². The lowest BCUT2D eigenvalue weighted by molar-refractivity contribution is -0.145. The number of nitrogens with zero attached hydrogens (tertiary/aromatic N) is 2. The van der Waals surface area contributed by atoms with E-state index in [1.807, 2.05) is 13.0 Å². The number of pyridine rings is 1. The molecule has 0 amide bonds. The molecule has 1 fully saturated rings. The molecule has 116 valence electrons. The number of benzene rings is 1. The lowest BCUT2D eigenvalue weighted by atomic mass is 9.97. The maximum absolute atomic E-state index is 13.6. The van der Waals surface area contributed by atoms with Gasteiger partial charge >= 0.3 is 5.97 Å². The van der Waals surface area contributed by atoms with Crippen LogP contribution in [0.15, 0.2) is 24.3 Å². The van der Waals surface area contributed by atoms with E-state index in [1.165, 1.54) is 19.2 Å². The number of hydrogen-bond donors (Lipinski definition) is 0. The monoisotopic (exact) mass is 302 g/mol. The Kier molecular flexibility index (Phi) is 3.96. The first-order valence-corrected chi connectivity index (χ1v) is 7.48. The first kappa shape index (κ1) is 14.8. The van der Waals surface area contributed by atoms with Crippen molar-refractivity contribution >= 4 is 22.6 Å². The molecule has 0 radical (unpaired) electrons. The van der Waals surface area contributed by atoms with Gasteiger partial charge in [-0.05, 0) is 44.0 Å². The molecule has 1 aromatic heterocycles. The quantitative estimate of drug-likeness (QED) is 0.800. The second-order valence-corrected chi connectivity index (χ2v) is 5.75. The van der Waals surface area contributed by atoms with E-state index in [4.69, 9.17) is 4.74 Å². The van der Waals surface area contributed by atoms with Crippen molar-refractivity contribution in [1.29, 1.82) is 0 Å². The Morgan fingerprint density at radius 1 is 1.41 bits per heavy atom. The molecule has 2 aromatic rings. The minimum absolute atomic E-state index is 0.129. The molecule has 0 saturated carbocycles. The van der Waals surface area contributed by atoms with Crippen LogP contribution in [0, 0.1) is 18.7 Å². The fourth-order valence-electron chi connectivity index (χ4n) is 3.13. The van der Waals surface area contributed by atoms with E-state index in [2.05, 4.69) is 9.88 Å². The number of anilines is 1. The molecule has 0 bridgehead atoms. The van der Waals surface area contributed by atoms with E-state index in [0.29, 0.717) is 6.54 Å². The van der Waals surface area contributed by atoms with Gasteiger partial charge in [-0.3, -0.25) is 9.78 Å². The summed E-state index contributed by atoms with van der Waals surface area (Å²) in [6.07, 6.45) is 1.75. The van der Waals surface area contributed by atoms with Crippen LogP contribution in [0.25, 0.3) is 10.9 Å². The first-order valence-electron chi connectivity index (χ1n) is 7.48. The maximum Gasteiger partial charge on any atom is 0.310 e. The van der Waals surface area contributed by atoms with Gasteiger partial charge in [0.05, 0.1) is 18.5 Å². The highest BCUT2D eigenvalue weighted by atomic mass is 19.1. The predicted octanol–water partition coefficient (Wildman–Crippen LogP) is 3.07. The van der Waals surface area contributed by atoms with Gasteiger partial charge in [-0.2, -0.15) is 0 Å². The lowest BCUT2D eigenvalue weighted by Crippen LogP contribution is -2.39. The van der Waals surface area contributed by atoms with Gasteiger partial charge in [0.2, 0.25) is 0 Å². The van der Waals surface area contributed by atoms with Crippen LogP contribution in [-0.2, 0) is 9.53 Å². The topological polar surface area (TPSA) is 42.4 Å². The van der Waals surface area contributed by atoms with Crippen molar-refractivity contribution in [3.8, 4) is 0 Å². The molecule has 1 atom stereocenters. The number of carbonyl (C=O) groups is 1. The van der Waals surface area contributed by atoms with E-state index in [1.54, 1.807) is 6.07 Å². The van der Waals surface area contributed by atoms with Crippen molar-refractivity contribution in [2.45, 2.75) is 19.8 Å². The van der Waals surface area contributed by atoms with Gasteiger partial charge in [-0.25, -0.2) is 4.39 Å². The van der Waals surface area contributed by atoms with E-state index in [9.17, 15) is 9.18 Å². The number of halogens is 1. The zero-order valence-corrected chi connectivity index (χ0v) is 12.8. The molecule has 1 aromatic carbocycles. The molecule has 22 heavy (non-hydrogen) atoms. The number of ether oxygens (including phenoxy) is 1. The van der Waals surface area contributed by atoms with Gasteiger partial charge in [-0.15, -0.1) is 0 Å². The van der Waals surface area contributed by atoms with E-state index in [0.717, 1.165) is 41.7 Å². The highest BCUT2D eigenvalue weighted by molar-refractivity contribution is 5.92. The smallest absolute Gasteiger partial charge is 0.310 e. The van der Waals surface area contributed by atoms with Crippen molar-refractivity contribution in [3.63, 3.8) is 0 Å². The molecule has 5 heteroatoms. The van der Waals surface area contributed by atoms with Gasteiger partial charge in [-0.1, -0.05) is 0 Å². The maximum atomic E-state index is 13.6. The SMILES string of the molecule is COC(=O)[C@@H]1CCCN(c2cc(C)nc3ccc(F)cc23)C1.